The summed E-state index contributed by atoms with van der Waals surface area (Å²) >= 11 is 12.2. The summed E-state index contributed by atoms with van der Waals surface area (Å²) in [7, 11) is 0. The first-order valence-corrected chi connectivity index (χ1v) is 14.1. The smallest absolute Gasteiger partial charge is 0.348 e. The van der Waals surface area contributed by atoms with Crippen LogP contribution in [0.3, 0.4) is 0 Å². The fraction of sp³-hybridized carbons (Fsp3) is 0.300. The molecule has 0 radical (unpaired) electrons. The lowest BCUT2D eigenvalue weighted by Crippen LogP contribution is -2.55. The molecule has 3 aromatic rings. The van der Waals surface area contributed by atoms with Gasteiger partial charge in [0, 0.05) is 18.0 Å². The first-order chi connectivity index (χ1) is 21.4. The van der Waals surface area contributed by atoms with Gasteiger partial charge in [-0.2, -0.15) is 9.97 Å². The summed E-state index contributed by atoms with van der Waals surface area (Å²) in [6.07, 6.45) is 6.57. The van der Waals surface area contributed by atoms with E-state index in [-0.39, 0.29) is 28.8 Å². The highest BCUT2D eigenvalue weighted by atomic mass is 35.5. The number of halogens is 2. The van der Waals surface area contributed by atoms with E-state index in [9.17, 15) is 30.0 Å². The number of imidazole rings is 1. The number of fused-ring (bicyclic) bond motifs is 1. The third-order valence-corrected chi connectivity index (χ3v) is 7.63. The molecule has 13 nitrogen and oxygen atoms in total. The second-order valence-corrected chi connectivity index (χ2v) is 10.8. The van der Waals surface area contributed by atoms with Gasteiger partial charge in [0.1, 0.15) is 12.2 Å². The first-order valence-electron chi connectivity index (χ1n) is 13.4. The van der Waals surface area contributed by atoms with Crippen molar-refractivity contribution in [3.63, 3.8) is 0 Å². The van der Waals surface area contributed by atoms with Gasteiger partial charge in [-0.3, -0.25) is 4.57 Å². The maximum atomic E-state index is 12.2. The number of rotatable bonds is 13. The number of hydrogen-bond donors (Lipinski definition) is 5. The van der Waals surface area contributed by atoms with E-state index in [2.05, 4.69) is 32.8 Å². The van der Waals surface area contributed by atoms with Crippen molar-refractivity contribution in [2.24, 2.45) is 0 Å². The summed E-state index contributed by atoms with van der Waals surface area (Å²) in [6.45, 7) is 5.15. The van der Waals surface area contributed by atoms with Crippen LogP contribution in [0.15, 0.2) is 72.1 Å². The predicted octanol–water partition coefficient (Wildman–Crippen LogP) is 2.94. The maximum Gasteiger partial charge on any atom is 0.348 e. The lowest BCUT2D eigenvalue weighted by Gasteiger charge is -2.30. The maximum absolute atomic E-state index is 12.2. The van der Waals surface area contributed by atoms with E-state index < -0.39 is 54.6 Å². The van der Waals surface area contributed by atoms with Crippen molar-refractivity contribution in [2.45, 2.75) is 43.0 Å². The highest BCUT2D eigenvalue weighted by molar-refractivity contribution is 6.31. The summed E-state index contributed by atoms with van der Waals surface area (Å²) in [6, 6.07) is 7.99. The zero-order valence-electron chi connectivity index (χ0n) is 23.8. The van der Waals surface area contributed by atoms with E-state index in [1.165, 1.54) is 10.9 Å². The van der Waals surface area contributed by atoms with Gasteiger partial charge < -0.3 is 35.2 Å². The van der Waals surface area contributed by atoms with E-state index in [1.807, 2.05) is 0 Å². The zero-order chi connectivity index (χ0) is 32.9. The number of carboxylic acid groups (broad SMARTS) is 2. The molecule has 0 spiro atoms. The molecule has 0 aliphatic carbocycles. The lowest BCUT2D eigenvalue weighted by atomic mass is 9.92. The van der Waals surface area contributed by atoms with E-state index in [0.29, 0.717) is 16.2 Å². The van der Waals surface area contributed by atoms with Crippen LogP contribution in [0.25, 0.3) is 11.2 Å². The number of aromatic nitrogens is 4. The molecule has 0 saturated carbocycles. The number of hydrogen-bond acceptors (Lipinski definition) is 10. The van der Waals surface area contributed by atoms with Crippen LogP contribution in [0.4, 0.5) is 5.82 Å². The number of terminal acetylenes is 1. The Hall–Kier alpha value is -4.29. The van der Waals surface area contributed by atoms with E-state index in [4.69, 9.17) is 39.1 Å². The van der Waals surface area contributed by atoms with Gasteiger partial charge in [0.05, 0.1) is 12.9 Å². The number of aliphatic carboxylic acids is 2. The number of benzene rings is 1. The molecule has 2 aromatic heterocycles. The molecular formula is C30H29Cl2N5O8. The molecule has 0 unspecified atom stereocenters. The van der Waals surface area contributed by atoms with Crippen LogP contribution in [0.5, 0.6) is 0 Å². The number of nitrogens with one attached hydrogen (secondary N) is 1. The Labute approximate surface area is 267 Å². The topological polar surface area (TPSA) is 189 Å². The predicted molar refractivity (Wildman–Crippen MR) is 165 cm³/mol. The van der Waals surface area contributed by atoms with Crippen LogP contribution in [-0.4, -0.2) is 88.4 Å². The number of ether oxygens (including phenoxy) is 2. The third-order valence-electron chi connectivity index (χ3n) is 7.12. The minimum Gasteiger partial charge on any atom is -0.479 e. The molecule has 1 saturated heterocycles. The van der Waals surface area contributed by atoms with Gasteiger partial charge in [0.25, 0.3) is 5.60 Å². The number of nitrogens with zero attached hydrogens (tertiary/aromatic N) is 4. The van der Waals surface area contributed by atoms with Gasteiger partial charge in [-0.25, -0.2) is 14.6 Å². The molecule has 15 heteroatoms. The average molecular weight is 658 g/mol. The number of aliphatic hydroxyl groups is 2. The van der Waals surface area contributed by atoms with Gasteiger partial charge in [0.2, 0.25) is 5.28 Å². The van der Waals surface area contributed by atoms with E-state index >= 15 is 0 Å². The standard InChI is InChI=1S/C30H29Cl2N5O8/c1-4-19(31)12-11-17(3)14-33-23-21-24(36-28(32)35-23)37(16-34-21)25-22(38)29(43,5-2)20(45-25)15-44-30(26(39)40,27(41)42)13-18-9-7-6-8-10-18/h2,4,6-12,16,20,22,25,38,43H,3,13-15H2,1H3,(H,39,40)(H,41,42)(H,33,35,36)/b12-11-,19-4+/t20-,22+,25-,29-/m1/s1. The van der Waals surface area contributed by atoms with Crippen LogP contribution < -0.4 is 5.32 Å². The molecule has 1 aromatic carbocycles. The van der Waals surface area contributed by atoms with Gasteiger partial charge in [-0.1, -0.05) is 66.6 Å². The second kappa shape index (κ2) is 13.8. The van der Waals surface area contributed by atoms with Crippen LogP contribution in [-0.2, 0) is 25.5 Å². The van der Waals surface area contributed by atoms with Crippen LogP contribution >= 0.6 is 23.2 Å². The Bertz CT molecular complexity index is 1690. The fourth-order valence-electron chi connectivity index (χ4n) is 4.58. The second-order valence-electron chi connectivity index (χ2n) is 10.0. The number of allylic oxidation sites excluding steroid dienone is 3. The molecule has 0 bridgehead atoms. The molecule has 1 aliphatic heterocycles. The Morgan fingerprint density at radius 1 is 1.27 bits per heavy atom. The molecule has 4 rings (SSSR count). The summed E-state index contributed by atoms with van der Waals surface area (Å²) in [4.78, 5) is 37.2. The minimum absolute atomic E-state index is 0.0927. The highest BCUT2D eigenvalue weighted by Crippen LogP contribution is 2.39. The Morgan fingerprint density at radius 3 is 2.58 bits per heavy atom. The van der Waals surface area contributed by atoms with Crippen molar-refractivity contribution >= 4 is 52.1 Å². The van der Waals surface area contributed by atoms with Crippen LogP contribution in [0, 0.1) is 12.3 Å². The molecule has 4 atom stereocenters. The van der Waals surface area contributed by atoms with E-state index in [0.717, 1.165) is 0 Å². The van der Waals surface area contributed by atoms with E-state index in [1.54, 1.807) is 55.5 Å². The number of anilines is 1. The van der Waals surface area contributed by atoms with Crippen molar-refractivity contribution in [3.05, 3.63) is 82.9 Å². The molecule has 0 amide bonds. The zero-order valence-corrected chi connectivity index (χ0v) is 25.3. The van der Waals surface area contributed by atoms with Gasteiger partial charge in [0.15, 0.2) is 28.8 Å². The highest BCUT2D eigenvalue weighted by Gasteiger charge is 2.58. The third kappa shape index (κ3) is 6.86. The van der Waals surface area contributed by atoms with Gasteiger partial charge in [-0.15, -0.1) is 6.42 Å². The number of carbonyl (C=O) groups is 2. The van der Waals surface area contributed by atoms with Gasteiger partial charge >= 0.3 is 11.9 Å². The van der Waals surface area contributed by atoms with Crippen LogP contribution in [0.1, 0.15) is 18.7 Å². The molecule has 1 fully saturated rings. The van der Waals surface area contributed by atoms with Gasteiger partial charge in [-0.05, 0) is 35.7 Å². The van der Waals surface area contributed by atoms with Crippen molar-refractivity contribution in [1.82, 2.24) is 19.5 Å². The van der Waals surface area contributed by atoms with Crippen molar-refractivity contribution < 1.29 is 39.5 Å². The van der Waals surface area contributed by atoms with Crippen molar-refractivity contribution in [2.75, 3.05) is 18.5 Å². The molecular weight excluding hydrogens is 629 g/mol. The number of aliphatic hydroxyl groups excluding tert-OH is 1. The summed E-state index contributed by atoms with van der Waals surface area (Å²) in [5.41, 5.74) is -3.86. The van der Waals surface area contributed by atoms with Crippen LogP contribution in [0.2, 0.25) is 5.28 Å². The minimum atomic E-state index is -2.76. The van der Waals surface area contributed by atoms with Crippen molar-refractivity contribution in [1.29, 1.82) is 0 Å². The Kier molecular flexibility index (Phi) is 10.3. The SMILES string of the molecule is C#C[C@@]1(O)[C@@H](COC(Cc2ccccc2)(C(=O)O)C(=O)O)O[C@@H](n2cnc3c(NCC(=C)/C=C\C(Cl)=C/C)nc(Cl)nc32)[C@@H]1O. The summed E-state index contributed by atoms with van der Waals surface area (Å²) in [5, 5.41) is 45.7. The normalized spacial score (nSPS) is 22.0. The fourth-order valence-corrected chi connectivity index (χ4v) is 4.81. The lowest BCUT2D eigenvalue weighted by molar-refractivity contribution is -0.191. The van der Waals surface area contributed by atoms with Crippen molar-refractivity contribution in [3.8, 4) is 12.3 Å². The summed E-state index contributed by atoms with van der Waals surface area (Å²) in [5.74, 6) is -1.27. The quantitative estimate of drug-likeness (QED) is 0.0783. The Balaban J connectivity index is 1.60. The molecule has 236 valence electrons. The molecule has 3 heterocycles. The molecule has 5 N–H and O–H groups in total. The number of carboxylic acids is 2. The average Bonchev–Trinajstić information content (AvgIpc) is 3.54. The monoisotopic (exact) mass is 657 g/mol. The molecule has 1 aliphatic rings. The molecule has 45 heavy (non-hydrogen) atoms. The summed E-state index contributed by atoms with van der Waals surface area (Å²) < 4.78 is 12.6. The Morgan fingerprint density at radius 2 is 1.96 bits per heavy atom. The largest absolute Gasteiger partial charge is 0.479 e. The first kappa shape index (κ1) is 33.6.